The number of aldehydes is 1. The highest BCUT2D eigenvalue weighted by atomic mass is 16.7. The van der Waals surface area contributed by atoms with Crippen LogP contribution in [0.2, 0.25) is 0 Å². The largest absolute Gasteiger partial charge is 0.454 e. The third-order valence-corrected chi connectivity index (χ3v) is 5.10. The van der Waals surface area contributed by atoms with Crippen molar-refractivity contribution < 1.29 is 19.1 Å². The number of likely N-dealkylation sites (N-methyl/N-ethyl adjacent to an activating group) is 2. The number of rotatable bonds is 4. The summed E-state index contributed by atoms with van der Waals surface area (Å²) in [4.78, 5) is 26.7. The van der Waals surface area contributed by atoms with E-state index in [0.29, 0.717) is 24.2 Å². The van der Waals surface area contributed by atoms with Crippen molar-refractivity contribution in [1.29, 1.82) is 5.26 Å². The summed E-state index contributed by atoms with van der Waals surface area (Å²) in [7, 11) is 3.44. The first-order chi connectivity index (χ1) is 11.9. The summed E-state index contributed by atoms with van der Waals surface area (Å²) in [6, 6.07) is 7.29. The van der Waals surface area contributed by atoms with Crippen molar-refractivity contribution in [3.63, 3.8) is 0 Å². The summed E-state index contributed by atoms with van der Waals surface area (Å²) in [5, 5.41) is 9.80. The number of amides is 1. The van der Waals surface area contributed by atoms with Gasteiger partial charge < -0.3 is 19.2 Å². The van der Waals surface area contributed by atoms with Gasteiger partial charge in [-0.2, -0.15) is 5.26 Å². The molecule has 1 fully saturated rings. The number of ether oxygens (including phenoxy) is 2. The van der Waals surface area contributed by atoms with Crippen molar-refractivity contribution in [3.8, 4) is 17.6 Å². The normalized spacial score (nSPS) is 27.8. The molecule has 2 aliphatic heterocycles. The molecule has 0 N–H and O–H groups in total. The molecule has 7 nitrogen and oxygen atoms in total. The molecule has 0 aliphatic carbocycles. The molecule has 0 bridgehead atoms. The first kappa shape index (κ1) is 17.2. The maximum Gasteiger partial charge on any atom is 0.240 e. The molecule has 0 aromatic heterocycles. The van der Waals surface area contributed by atoms with Gasteiger partial charge in [0, 0.05) is 7.05 Å². The molecule has 1 amide bonds. The number of likely N-dealkylation sites (tertiary alicyclic amines) is 1. The second-order valence-electron chi connectivity index (χ2n) is 6.82. The Morgan fingerprint density at radius 2 is 2.20 bits per heavy atom. The predicted octanol–water partition coefficient (Wildman–Crippen LogP) is 1.35. The van der Waals surface area contributed by atoms with E-state index in [0.717, 1.165) is 5.56 Å². The lowest BCUT2D eigenvalue weighted by Gasteiger charge is -2.30. The van der Waals surface area contributed by atoms with Crippen LogP contribution in [0.5, 0.6) is 11.5 Å². The van der Waals surface area contributed by atoms with E-state index in [1.54, 1.807) is 7.05 Å². The summed E-state index contributed by atoms with van der Waals surface area (Å²) in [5.41, 5.74) is 0.175. The summed E-state index contributed by atoms with van der Waals surface area (Å²) >= 11 is 0. The fourth-order valence-electron chi connectivity index (χ4n) is 3.80. The van der Waals surface area contributed by atoms with Gasteiger partial charge >= 0.3 is 0 Å². The summed E-state index contributed by atoms with van der Waals surface area (Å²) in [5.74, 6) is 1.18. The molecule has 7 heteroatoms. The van der Waals surface area contributed by atoms with Crippen molar-refractivity contribution in [2.75, 3.05) is 27.4 Å². The zero-order chi connectivity index (χ0) is 18.2. The molecule has 2 aliphatic rings. The van der Waals surface area contributed by atoms with Gasteiger partial charge in [-0.15, -0.1) is 0 Å². The summed E-state index contributed by atoms with van der Waals surface area (Å²) < 4.78 is 10.8. The fraction of sp³-hybridized carbons (Fsp3) is 0.500. The van der Waals surface area contributed by atoms with Crippen LogP contribution in [0.3, 0.4) is 0 Å². The third kappa shape index (κ3) is 2.83. The maximum atomic E-state index is 12.7. The minimum atomic E-state index is -0.731. The Morgan fingerprint density at radius 1 is 1.48 bits per heavy atom. The lowest BCUT2D eigenvalue weighted by Crippen LogP contribution is -2.43. The lowest BCUT2D eigenvalue weighted by atomic mass is 9.79. The van der Waals surface area contributed by atoms with E-state index in [4.69, 9.17) is 9.47 Å². The number of fused-ring (bicyclic) bond motifs is 1. The third-order valence-electron chi connectivity index (χ3n) is 5.10. The Kier molecular flexibility index (Phi) is 4.39. The van der Waals surface area contributed by atoms with Crippen LogP contribution in [0, 0.1) is 16.7 Å². The second kappa shape index (κ2) is 6.37. The average Bonchev–Trinajstić information content (AvgIpc) is 3.16. The van der Waals surface area contributed by atoms with Crippen molar-refractivity contribution >= 4 is 12.2 Å². The average molecular weight is 343 g/mol. The van der Waals surface area contributed by atoms with Crippen molar-refractivity contribution in [2.45, 2.75) is 25.4 Å². The summed E-state index contributed by atoms with van der Waals surface area (Å²) in [6.45, 7) is 2.10. The molecule has 0 radical (unpaired) electrons. The smallest absolute Gasteiger partial charge is 0.240 e. The van der Waals surface area contributed by atoms with Crippen LogP contribution in [0.1, 0.15) is 24.9 Å². The predicted molar refractivity (Wildman–Crippen MR) is 88.9 cm³/mol. The van der Waals surface area contributed by atoms with Gasteiger partial charge in [0.15, 0.2) is 11.5 Å². The van der Waals surface area contributed by atoms with Crippen LogP contribution in [-0.2, 0) is 9.59 Å². The van der Waals surface area contributed by atoms with Gasteiger partial charge in [-0.25, -0.2) is 0 Å². The molecule has 1 aromatic carbocycles. The zero-order valence-electron chi connectivity index (χ0n) is 14.6. The van der Waals surface area contributed by atoms with E-state index in [1.165, 1.54) is 4.90 Å². The SMILES string of the molecule is CN(CC=O)C(=O)C1C[C@](C)(C#N)C(c2ccc3c(c2)OCO3)N1C. The van der Waals surface area contributed by atoms with Crippen LogP contribution >= 0.6 is 0 Å². The standard InChI is InChI=1S/C18H21N3O4/c1-18(10-19)9-13(17(23)20(2)6-7-22)21(3)16(18)12-4-5-14-15(8-12)25-11-24-14/h4-5,7-8,13,16H,6,9,11H2,1-3H3/t13?,16?,18-/m1/s1. The van der Waals surface area contributed by atoms with Gasteiger partial charge in [0.05, 0.1) is 30.1 Å². The Balaban J connectivity index is 1.94. The maximum absolute atomic E-state index is 12.7. The minimum Gasteiger partial charge on any atom is -0.454 e. The molecule has 132 valence electrons. The first-order valence-corrected chi connectivity index (χ1v) is 8.12. The van der Waals surface area contributed by atoms with Crippen molar-refractivity contribution in [2.24, 2.45) is 5.41 Å². The van der Waals surface area contributed by atoms with E-state index >= 15 is 0 Å². The number of nitrogens with zero attached hydrogens (tertiary/aromatic N) is 3. The molecule has 3 atom stereocenters. The Hall–Kier alpha value is -2.59. The van der Waals surface area contributed by atoms with Crippen LogP contribution < -0.4 is 9.47 Å². The van der Waals surface area contributed by atoms with Gasteiger partial charge in [-0.3, -0.25) is 9.69 Å². The number of benzene rings is 1. The van der Waals surface area contributed by atoms with Gasteiger partial charge in [-0.05, 0) is 38.1 Å². The van der Waals surface area contributed by atoms with Crippen LogP contribution in [0.4, 0.5) is 0 Å². The van der Waals surface area contributed by atoms with Gasteiger partial charge in [0.25, 0.3) is 0 Å². The van der Waals surface area contributed by atoms with Gasteiger partial charge in [-0.1, -0.05) is 6.07 Å². The molecule has 0 spiro atoms. The van der Waals surface area contributed by atoms with Crippen molar-refractivity contribution in [3.05, 3.63) is 23.8 Å². The Morgan fingerprint density at radius 3 is 2.88 bits per heavy atom. The molecule has 2 unspecified atom stereocenters. The number of carbonyl (C=O) groups excluding carboxylic acids is 2. The zero-order valence-corrected chi connectivity index (χ0v) is 14.6. The van der Waals surface area contributed by atoms with Gasteiger partial charge in [0.2, 0.25) is 12.7 Å². The first-order valence-electron chi connectivity index (χ1n) is 8.12. The van der Waals surface area contributed by atoms with Crippen LogP contribution in [0.15, 0.2) is 18.2 Å². The number of hydrogen-bond donors (Lipinski definition) is 0. The highest BCUT2D eigenvalue weighted by molar-refractivity contribution is 5.84. The van der Waals surface area contributed by atoms with Crippen LogP contribution in [-0.4, -0.2) is 55.5 Å². The summed E-state index contributed by atoms with van der Waals surface area (Å²) in [6.07, 6.45) is 1.10. The van der Waals surface area contributed by atoms with E-state index in [1.807, 2.05) is 37.1 Å². The van der Waals surface area contributed by atoms with E-state index in [9.17, 15) is 14.9 Å². The lowest BCUT2D eigenvalue weighted by molar-refractivity contribution is -0.136. The Labute approximate surface area is 146 Å². The minimum absolute atomic E-state index is 0.0428. The monoisotopic (exact) mass is 343 g/mol. The van der Waals surface area contributed by atoms with E-state index < -0.39 is 11.5 Å². The molecular formula is C18H21N3O4. The van der Waals surface area contributed by atoms with Crippen LogP contribution in [0.25, 0.3) is 0 Å². The van der Waals surface area contributed by atoms with Gasteiger partial charge in [0.1, 0.15) is 6.29 Å². The molecule has 3 rings (SSSR count). The highest BCUT2D eigenvalue weighted by Crippen LogP contribution is 2.50. The quantitative estimate of drug-likeness (QED) is 0.768. The Bertz CT molecular complexity index is 744. The molecule has 1 aromatic rings. The number of hydrogen-bond acceptors (Lipinski definition) is 6. The topological polar surface area (TPSA) is 82.9 Å². The highest BCUT2D eigenvalue weighted by Gasteiger charge is 2.52. The molecule has 25 heavy (non-hydrogen) atoms. The molecular weight excluding hydrogens is 322 g/mol. The second-order valence-corrected chi connectivity index (χ2v) is 6.82. The number of nitriles is 1. The molecule has 1 saturated heterocycles. The fourth-order valence-corrected chi connectivity index (χ4v) is 3.80. The molecule has 2 heterocycles. The molecule has 0 saturated carbocycles. The van der Waals surface area contributed by atoms with E-state index in [2.05, 4.69) is 6.07 Å². The van der Waals surface area contributed by atoms with E-state index in [-0.39, 0.29) is 25.3 Å². The van der Waals surface area contributed by atoms with Crippen molar-refractivity contribution in [1.82, 2.24) is 9.80 Å². The number of carbonyl (C=O) groups is 2.